The number of ether oxygens (including phenoxy) is 1. The molecule has 0 radical (unpaired) electrons. The van der Waals surface area contributed by atoms with Gasteiger partial charge in [-0.05, 0) is 38.0 Å². The van der Waals surface area contributed by atoms with Crippen molar-refractivity contribution in [3.8, 4) is 0 Å². The third kappa shape index (κ3) is 3.49. The van der Waals surface area contributed by atoms with E-state index in [4.69, 9.17) is 4.74 Å². The SMILES string of the molecule is CC=CC(=O)N(CC1CCCO1)C1CCSC1. The fourth-order valence-electron chi connectivity index (χ4n) is 2.43. The predicted octanol–water partition coefficient (Wildman–Crippen LogP) is 2.08. The number of allylic oxidation sites excluding steroid dienone is 1. The standard InChI is InChI=1S/C13H21NO2S/c1-2-4-13(15)14(11-6-8-17-10-11)9-12-5-3-7-16-12/h2,4,11-12H,3,5-10H2,1H3. The van der Waals surface area contributed by atoms with Crippen molar-refractivity contribution in [2.75, 3.05) is 24.7 Å². The summed E-state index contributed by atoms with van der Waals surface area (Å²) in [4.78, 5) is 14.1. The summed E-state index contributed by atoms with van der Waals surface area (Å²) in [5.41, 5.74) is 0. The third-order valence-corrected chi connectivity index (χ3v) is 4.51. The number of carbonyl (C=O) groups excluding carboxylic acids is 1. The van der Waals surface area contributed by atoms with Crippen LogP contribution in [0.25, 0.3) is 0 Å². The summed E-state index contributed by atoms with van der Waals surface area (Å²) in [5.74, 6) is 2.40. The van der Waals surface area contributed by atoms with Gasteiger partial charge in [-0.2, -0.15) is 11.8 Å². The van der Waals surface area contributed by atoms with E-state index in [1.165, 1.54) is 5.75 Å². The van der Waals surface area contributed by atoms with Crippen molar-refractivity contribution in [1.82, 2.24) is 4.90 Å². The molecule has 2 unspecified atom stereocenters. The lowest BCUT2D eigenvalue weighted by atomic mass is 10.1. The van der Waals surface area contributed by atoms with Gasteiger partial charge < -0.3 is 9.64 Å². The van der Waals surface area contributed by atoms with Crippen molar-refractivity contribution in [2.24, 2.45) is 0 Å². The molecule has 0 aromatic carbocycles. The van der Waals surface area contributed by atoms with Crippen LogP contribution in [0.5, 0.6) is 0 Å². The summed E-state index contributed by atoms with van der Waals surface area (Å²) in [6.45, 7) is 3.52. The molecule has 1 amide bonds. The van der Waals surface area contributed by atoms with Gasteiger partial charge in [0.2, 0.25) is 5.91 Å². The van der Waals surface area contributed by atoms with Crippen molar-refractivity contribution in [2.45, 2.75) is 38.3 Å². The summed E-state index contributed by atoms with van der Waals surface area (Å²) in [7, 11) is 0. The zero-order valence-electron chi connectivity index (χ0n) is 10.4. The minimum atomic E-state index is 0.149. The number of hydrogen-bond acceptors (Lipinski definition) is 3. The largest absolute Gasteiger partial charge is 0.376 e. The molecule has 0 aromatic rings. The molecule has 2 heterocycles. The van der Waals surface area contributed by atoms with Crippen LogP contribution in [0, 0.1) is 0 Å². The van der Waals surface area contributed by atoms with Gasteiger partial charge in [-0.15, -0.1) is 0 Å². The monoisotopic (exact) mass is 255 g/mol. The normalized spacial score (nSPS) is 29.0. The van der Waals surface area contributed by atoms with Gasteiger partial charge in [0.15, 0.2) is 0 Å². The van der Waals surface area contributed by atoms with Gasteiger partial charge in [-0.25, -0.2) is 0 Å². The Morgan fingerprint density at radius 2 is 2.41 bits per heavy atom. The molecule has 0 saturated carbocycles. The average molecular weight is 255 g/mol. The molecule has 2 aliphatic rings. The summed E-state index contributed by atoms with van der Waals surface area (Å²) >= 11 is 1.95. The molecule has 0 N–H and O–H groups in total. The van der Waals surface area contributed by atoms with Crippen LogP contribution in [0.2, 0.25) is 0 Å². The van der Waals surface area contributed by atoms with Crippen LogP contribution in [0.3, 0.4) is 0 Å². The predicted molar refractivity (Wildman–Crippen MR) is 71.2 cm³/mol. The summed E-state index contributed by atoms with van der Waals surface area (Å²) in [6.07, 6.45) is 7.12. The van der Waals surface area contributed by atoms with E-state index in [9.17, 15) is 4.79 Å². The highest BCUT2D eigenvalue weighted by Crippen LogP contribution is 2.24. The second-order valence-corrected chi connectivity index (χ2v) is 5.79. The van der Waals surface area contributed by atoms with Gasteiger partial charge >= 0.3 is 0 Å². The van der Waals surface area contributed by atoms with Crippen LogP contribution in [0.1, 0.15) is 26.2 Å². The maximum Gasteiger partial charge on any atom is 0.246 e. The number of thioether (sulfide) groups is 1. The molecule has 0 aromatic heterocycles. The Bertz CT molecular complexity index is 281. The van der Waals surface area contributed by atoms with E-state index in [0.717, 1.165) is 38.2 Å². The highest BCUT2D eigenvalue weighted by atomic mass is 32.2. The second-order valence-electron chi connectivity index (χ2n) is 4.64. The van der Waals surface area contributed by atoms with Crippen LogP contribution < -0.4 is 0 Å². The second kappa shape index (κ2) is 6.45. The zero-order valence-corrected chi connectivity index (χ0v) is 11.2. The lowest BCUT2D eigenvalue weighted by Gasteiger charge is -2.29. The Labute approximate surface area is 108 Å². The smallest absolute Gasteiger partial charge is 0.246 e. The minimum absolute atomic E-state index is 0.149. The first-order chi connectivity index (χ1) is 8.31. The Hall–Kier alpha value is -0.480. The van der Waals surface area contributed by atoms with E-state index in [1.54, 1.807) is 6.08 Å². The number of carbonyl (C=O) groups is 1. The van der Waals surface area contributed by atoms with Crippen molar-refractivity contribution in [3.05, 3.63) is 12.2 Å². The van der Waals surface area contributed by atoms with E-state index < -0.39 is 0 Å². The van der Waals surface area contributed by atoms with Crippen LogP contribution in [-0.2, 0) is 9.53 Å². The Morgan fingerprint density at radius 1 is 1.53 bits per heavy atom. The van der Waals surface area contributed by atoms with Gasteiger partial charge in [0, 0.05) is 24.9 Å². The Balaban J connectivity index is 1.97. The highest BCUT2D eigenvalue weighted by Gasteiger charge is 2.29. The zero-order chi connectivity index (χ0) is 12.1. The van der Waals surface area contributed by atoms with Gasteiger partial charge in [0.25, 0.3) is 0 Å². The van der Waals surface area contributed by atoms with Crippen molar-refractivity contribution >= 4 is 17.7 Å². The summed E-state index contributed by atoms with van der Waals surface area (Å²) in [6, 6.07) is 0.410. The third-order valence-electron chi connectivity index (χ3n) is 3.36. The van der Waals surface area contributed by atoms with E-state index in [2.05, 4.69) is 0 Å². The maximum atomic E-state index is 12.1. The van der Waals surface area contributed by atoms with Gasteiger partial charge in [-0.1, -0.05) is 6.08 Å². The molecule has 2 aliphatic heterocycles. The molecule has 2 saturated heterocycles. The number of amides is 1. The molecule has 96 valence electrons. The molecule has 2 fully saturated rings. The van der Waals surface area contributed by atoms with Gasteiger partial charge in [0.05, 0.1) is 6.10 Å². The molecule has 0 bridgehead atoms. The summed E-state index contributed by atoms with van der Waals surface area (Å²) < 4.78 is 5.65. The molecular formula is C13H21NO2S. The van der Waals surface area contributed by atoms with Gasteiger partial charge in [-0.3, -0.25) is 4.79 Å². The van der Waals surface area contributed by atoms with Crippen molar-refractivity contribution < 1.29 is 9.53 Å². The fraction of sp³-hybridized carbons (Fsp3) is 0.769. The molecule has 0 aliphatic carbocycles. The lowest BCUT2D eigenvalue weighted by molar-refractivity contribution is -0.129. The Kier molecular flexibility index (Phi) is 4.92. The van der Waals surface area contributed by atoms with E-state index in [-0.39, 0.29) is 12.0 Å². The summed E-state index contributed by atoms with van der Waals surface area (Å²) in [5, 5.41) is 0. The number of rotatable bonds is 4. The molecule has 4 heteroatoms. The van der Waals surface area contributed by atoms with Crippen LogP contribution >= 0.6 is 11.8 Å². The van der Waals surface area contributed by atoms with Crippen molar-refractivity contribution in [3.63, 3.8) is 0 Å². The van der Waals surface area contributed by atoms with Gasteiger partial charge in [0.1, 0.15) is 0 Å². The number of hydrogen-bond donors (Lipinski definition) is 0. The quantitative estimate of drug-likeness (QED) is 0.720. The van der Waals surface area contributed by atoms with E-state index >= 15 is 0 Å². The van der Waals surface area contributed by atoms with Crippen LogP contribution in [0.4, 0.5) is 0 Å². The topological polar surface area (TPSA) is 29.5 Å². The first-order valence-electron chi connectivity index (χ1n) is 6.44. The molecule has 3 nitrogen and oxygen atoms in total. The molecule has 2 rings (SSSR count). The average Bonchev–Trinajstić information content (AvgIpc) is 2.99. The molecular weight excluding hydrogens is 234 g/mol. The maximum absolute atomic E-state index is 12.1. The molecule has 2 atom stereocenters. The van der Waals surface area contributed by atoms with Crippen LogP contribution in [0.15, 0.2) is 12.2 Å². The molecule has 17 heavy (non-hydrogen) atoms. The highest BCUT2D eigenvalue weighted by molar-refractivity contribution is 7.99. The first-order valence-corrected chi connectivity index (χ1v) is 7.59. The van der Waals surface area contributed by atoms with E-state index in [1.807, 2.05) is 29.7 Å². The van der Waals surface area contributed by atoms with E-state index in [0.29, 0.717) is 6.04 Å². The lowest BCUT2D eigenvalue weighted by Crippen LogP contribution is -2.43. The van der Waals surface area contributed by atoms with Crippen LogP contribution in [-0.4, -0.2) is 47.6 Å². The number of nitrogens with zero attached hydrogens (tertiary/aromatic N) is 1. The molecule has 0 spiro atoms. The fourth-order valence-corrected chi connectivity index (χ4v) is 3.66. The van der Waals surface area contributed by atoms with Crippen molar-refractivity contribution in [1.29, 1.82) is 0 Å². The Morgan fingerprint density at radius 3 is 3.00 bits per heavy atom. The first kappa shape index (κ1) is 13.0. The minimum Gasteiger partial charge on any atom is -0.376 e.